The molecule has 1 aliphatic heterocycles. The maximum atomic E-state index is 12.9. The second-order valence-electron chi connectivity index (χ2n) is 6.29. The Morgan fingerprint density at radius 1 is 1.31 bits per heavy atom. The number of hydrogen-bond donors (Lipinski definition) is 1. The molecule has 0 unspecified atom stereocenters. The number of nitrogens with two attached hydrogens (primary N) is 1. The Balaban J connectivity index is 1.55. The number of halogens is 1. The Morgan fingerprint density at radius 2 is 2.17 bits per heavy atom. The second kappa shape index (κ2) is 8.10. The van der Waals surface area contributed by atoms with Gasteiger partial charge in [-0.25, -0.2) is 5.01 Å². The fourth-order valence-electron chi connectivity index (χ4n) is 3.06. The van der Waals surface area contributed by atoms with Crippen molar-refractivity contribution in [2.75, 3.05) is 6.61 Å². The van der Waals surface area contributed by atoms with Crippen LogP contribution in [0.1, 0.15) is 33.5 Å². The van der Waals surface area contributed by atoms with Crippen molar-refractivity contribution in [1.29, 1.82) is 0 Å². The first-order valence-corrected chi connectivity index (χ1v) is 9.97. The van der Waals surface area contributed by atoms with E-state index in [1.165, 1.54) is 17.1 Å². The molecule has 3 heterocycles. The van der Waals surface area contributed by atoms with Crippen LogP contribution in [0.4, 0.5) is 0 Å². The van der Waals surface area contributed by atoms with Crippen molar-refractivity contribution in [1.82, 2.24) is 5.01 Å². The number of rotatable bonds is 6. The molecular formula is C20H16ClN3O4S. The SMILES string of the molecule is NC(=O)c1cc(Cl)ccc1OCC(=O)N1N=C(c2ccco2)C[C@@H]1c1cccs1. The van der Waals surface area contributed by atoms with Crippen LogP contribution in [0, 0.1) is 0 Å². The van der Waals surface area contributed by atoms with Crippen molar-refractivity contribution in [2.24, 2.45) is 10.8 Å². The summed E-state index contributed by atoms with van der Waals surface area (Å²) >= 11 is 7.45. The number of hydrogen-bond acceptors (Lipinski definition) is 6. The summed E-state index contributed by atoms with van der Waals surface area (Å²) in [7, 11) is 0. The molecule has 0 spiro atoms. The van der Waals surface area contributed by atoms with Gasteiger partial charge < -0.3 is 14.9 Å². The zero-order valence-electron chi connectivity index (χ0n) is 15.1. The zero-order chi connectivity index (χ0) is 20.4. The topological polar surface area (TPSA) is 98.1 Å². The molecular weight excluding hydrogens is 414 g/mol. The molecule has 0 aliphatic carbocycles. The van der Waals surface area contributed by atoms with E-state index < -0.39 is 5.91 Å². The molecule has 9 heteroatoms. The van der Waals surface area contributed by atoms with Crippen LogP contribution in [0.15, 0.2) is 63.6 Å². The molecule has 0 bridgehead atoms. The molecule has 1 aliphatic rings. The highest BCUT2D eigenvalue weighted by Crippen LogP contribution is 2.35. The van der Waals surface area contributed by atoms with E-state index in [4.69, 9.17) is 26.5 Å². The third kappa shape index (κ3) is 4.03. The van der Waals surface area contributed by atoms with Crippen molar-refractivity contribution < 1.29 is 18.7 Å². The molecule has 29 heavy (non-hydrogen) atoms. The van der Waals surface area contributed by atoms with E-state index in [2.05, 4.69) is 5.10 Å². The van der Waals surface area contributed by atoms with E-state index in [1.807, 2.05) is 23.6 Å². The fourth-order valence-corrected chi connectivity index (χ4v) is 4.04. The largest absolute Gasteiger partial charge is 0.483 e. The third-order valence-corrected chi connectivity index (χ3v) is 5.61. The lowest BCUT2D eigenvalue weighted by Gasteiger charge is -2.21. The monoisotopic (exact) mass is 429 g/mol. The van der Waals surface area contributed by atoms with E-state index in [1.54, 1.807) is 29.7 Å². The summed E-state index contributed by atoms with van der Waals surface area (Å²) in [5.41, 5.74) is 6.17. The van der Waals surface area contributed by atoms with Crippen LogP contribution in [-0.4, -0.2) is 29.1 Å². The van der Waals surface area contributed by atoms with E-state index in [9.17, 15) is 9.59 Å². The minimum absolute atomic E-state index is 0.112. The number of thiophene rings is 1. The van der Waals surface area contributed by atoms with Crippen LogP contribution >= 0.6 is 22.9 Å². The molecule has 4 rings (SSSR count). The lowest BCUT2D eigenvalue weighted by Crippen LogP contribution is -2.31. The van der Waals surface area contributed by atoms with Gasteiger partial charge in [0.2, 0.25) is 0 Å². The Hall–Kier alpha value is -3.10. The number of carbonyl (C=O) groups excluding carboxylic acids is 2. The van der Waals surface area contributed by atoms with Gasteiger partial charge in [-0.1, -0.05) is 17.7 Å². The number of primary amides is 1. The van der Waals surface area contributed by atoms with Gasteiger partial charge in [0.15, 0.2) is 6.61 Å². The molecule has 7 nitrogen and oxygen atoms in total. The standard InChI is InChI=1S/C20H16ClN3O4S/c21-12-5-6-16(13(9-12)20(22)26)28-11-19(25)24-15(18-4-2-8-29-18)10-14(23-24)17-3-1-7-27-17/h1-9,15H,10-11H2,(H2,22,26)/t15-/m1/s1. The van der Waals surface area contributed by atoms with Crippen LogP contribution in [0.5, 0.6) is 5.75 Å². The third-order valence-electron chi connectivity index (χ3n) is 4.40. The second-order valence-corrected chi connectivity index (χ2v) is 7.71. The highest BCUT2D eigenvalue weighted by atomic mass is 35.5. The highest BCUT2D eigenvalue weighted by molar-refractivity contribution is 7.10. The minimum atomic E-state index is -0.689. The van der Waals surface area contributed by atoms with E-state index in [0.717, 1.165) is 4.88 Å². The summed E-state index contributed by atoms with van der Waals surface area (Å²) in [5, 5.41) is 8.18. The normalized spacial score (nSPS) is 16.0. The van der Waals surface area contributed by atoms with Gasteiger partial charge in [0.1, 0.15) is 17.2 Å². The number of hydrazone groups is 1. The van der Waals surface area contributed by atoms with E-state index in [0.29, 0.717) is 22.9 Å². The summed E-state index contributed by atoms with van der Waals surface area (Å²) in [4.78, 5) is 25.5. The quantitative estimate of drug-likeness (QED) is 0.643. The molecule has 3 aromatic rings. The molecule has 0 saturated carbocycles. The minimum Gasteiger partial charge on any atom is -0.483 e. The van der Waals surface area contributed by atoms with E-state index in [-0.39, 0.29) is 29.9 Å². The summed E-state index contributed by atoms with van der Waals surface area (Å²) in [5.74, 6) is -0.227. The first kappa shape index (κ1) is 19.2. The number of ether oxygens (including phenoxy) is 1. The predicted octanol–water partition coefficient (Wildman–Crippen LogP) is 3.85. The van der Waals surface area contributed by atoms with Crippen molar-refractivity contribution >= 4 is 40.5 Å². The fraction of sp³-hybridized carbons (Fsp3) is 0.150. The van der Waals surface area contributed by atoms with Gasteiger partial charge >= 0.3 is 0 Å². The number of carbonyl (C=O) groups is 2. The van der Waals surface area contributed by atoms with Crippen molar-refractivity contribution in [3.63, 3.8) is 0 Å². The number of nitrogens with zero attached hydrogens (tertiary/aromatic N) is 2. The van der Waals surface area contributed by atoms with Gasteiger partial charge in [0.25, 0.3) is 11.8 Å². The summed E-state index contributed by atoms with van der Waals surface area (Å²) in [6.07, 6.45) is 2.10. The van der Waals surface area contributed by atoms with Crippen LogP contribution < -0.4 is 10.5 Å². The van der Waals surface area contributed by atoms with Gasteiger partial charge in [0.05, 0.1) is 17.9 Å². The number of amides is 2. The predicted molar refractivity (Wildman–Crippen MR) is 109 cm³/mol. The van der Waals surface area contributed by atoms with Crippen LogP contribution in [0.3, 0.4) is 0 Å². The Kier molecular flexibility index (Phi) is 5.37. The Morgan fingerprint density at radius 3 is 2.86 bits per heavy atom. The van der Waals surface area contributed by atoms with Crippen molar-refractivity contribution in [3.05, 3.63) is 75.3 Å². The number of benzene rings is 1. The average Bonchev–Trinajstić information content (AvgIpc) is 3.47. The Labute approximate surface area is 175 Å². The average molecular weight is 430 g/mol. The van der Waals surface area contributed by atoms with Gasteiger partial charge in [-0.3, -0.25) is 9.59 Å². The zero-order valence-corrected chi connectivity index (χ0v) is 16.7. The van der Waals surface area contributed by atoms with Gasteiger partial charge in [-0.05, 0) is 41.8 Å². The van der Waals surface area contributed by atoms with Crippen LogP contribution in [0.2, 0.25) is 5.02 Å². The molecule has 2 N–H and O–H groups in total. The number of furan rings is 1. The summed E-state index contributed by atoms with van der Waals surface area (Å²) in [6.45, 7) is -0.307. The van der Waals surface area contributed by atoms with Gasteiger partial charge in [-0.15, -0.1) is 11.3 Å². The smallest absolute Gasteiger partial charge is 0.281 e. The van der Waals surface area contributed by atoms with Crippen molar-refractivity contribution in [3.8, 4) is 5.75 Å². The summed E-state index contributed by atoms with van der Waals surface area (Å²) in [6, 6.07) is 11.7. The molecule has 0 fully saturated rings. The van der Waals surface area contributed by atoms with Crippen molar-refractivity contribution in [2.45, 2.75) is 12.5 Å². The molecule has 0 saturated heterocycles. The summed E-state index contributed by atoms with van der Waals surface area (Å²) < 4.78 is 11.0. The molecule has 2 amide bonds. The van der Waals surface area contributed by atoms with Crippen LogP contribution in [-0.2, 0) is 4.79 Å². The van der Waals surface area contributed by atoms with Crippen LogP contribution in [0.25, 0.3) is 0 Å². The Bertz CT molecular complexity index is 1060. The molecule has 0 radical (unpaired) electrons. The molecule has 2 aromatic heterocycles. The molecule has 1 atom stereocenters. The molecule has 1 aromatic carbocycles. The molecule has 148 valence electrons. The van der Waals surface area contributed by atoms with Gasteiger partial charge in [-0.2, -0.15) is 5.10 Å². The first-order chi connectivity index (χ1) is 14.0. The maximum Gasteiger partial charge on any atom is 0.281 e. The first-order valence-electron chi connectivity index (χ1n) is 8.72. The van der Waals surface area contributed by atoms with Gasteiger partial charge in [0, 0.05) is 16.3 Å². The lowest BCUT2D eigenvalue weighted by molar-refractivity contribution is -0.135. The lowest BCUT2D eigenvalue weighted by atomic mass is 10.1. The highest BCUT2D eigenvalue weighted by Gasteiger charge is 2.34. The maximum absolute atomic E-state index is 12.9. The van der Waals surface area contributed by atoms with E-state index >= 15 is 0 Å².